The molecule has 0 unspecified atom stereocenters. The summed E-state index contributed by atoms with van der Waals surface area (Å²) in [4.78, 5) is 16.5. The Bertz CT molecular complexity index is 936. The van der Waals surface area contributed by atoms with E-state index in [1.54, 1.807) is 49.6 Å². The maximum atomic E-state index is 12.2. The largest absolute Gasteiger partial charge is 0.497 e. The second-order valence-corrected chi connectivity index (χ2v) is 5.94. The zero-order chi connectivity index (χ0) is 19.4. The number of aliphatic imine (C=N–C) groups is 1. The molecule has 0 radical (unpaired) electrons. The predicted octanol–water partition coefficient (Wildman–Crippen LogP) is 4.10. The monoisotopic (exact) mass is 387 g/mol. The summed E-state index contributed by atoms with van der Waals surface area (Å²) in [7, 11) is 3.08. The molecule has 1 aliphatic rings. The first kappa shape index (κ1) is 18.8. The average molecular weight is 388 g/mol. The Morgan fingerprint density at radius 1 is 1.19 bits per heavy atom. The number of halogens is 1. The van der Waals surface area contributed by atoms with Gasteiger partial charge in [0.25, 0.3) is 0 Å². The highest BCUT2D eigenvalue weighted by Crippen LogP contribution is 2.37. The highest BCUT2D eigenvalue weighted by Gasteiger charge is 2.24. The summed E-state index contributed by atoms with van der Waals surface area (Å²) < 4.78 is 21.3. The van der Waals surface area contributed by atoms with E-state index in [1.807, 2.05) is 6.92 Å². The van der Waals surface area contributed by atoms with Crippen LogP contribution in [-0.2, 0) is 9.53 Å². The van der Waals surface area contributed by atoms with Crippen LogP contribution in [0.15, 0.2) is 47.1 Å². The Balaban J connectivity index is 1.97. The lowest BCUT2D eigenvalue weighted by molar-refractivity contribution is -0.129. The van der Waals surface area contributed by atoms with Crippen LogP contribution < -0.4 is 14.2 Å². The zero-order valence-electron chi connectivity index (χ0n) is 15.1. The number of benzene rings is 2. The number of hydrogen-bond donors (Lipinski definition) is 0. The first-order chi connectivity index (χ1) is 13.0. The molecule has 0 bridgehead atoms. The van der Waals surface area contributed by atoms with E-state index in [0.717, 1.165) is 0 Å². The molecular weight excluding hydrogens is 370 g/mol. The van der Waals surface area contributed by atoms with E-state index in [9.17, 15) is 4.79 Å². The van der Waals surface area contributed by atoms with Crippen LogP contribution in [0.4, 0.5) is 0 Å². The number of carbonyl (C=O) groups is 1. The first-order valence-electron chi connectivity index (χ1n) is 8.23. The molecule has 2 aromatic rings. The van der Waals surface area contributed by atoms with Crippen molar-refractivity contribution in [2.75, 3.05) is 20.8 Å². The quantitative estimate of drug-likeness (QED) is 0.551. The highest BCUT2D eigenvalue weighted by atomic mass is 35.5. The van der Waals surface area contributed by atoms with Gasteiger partial charge >= 0.3 is 5.97 Å². The van der Waals surface area contributed by atoms with Gasteiger partial charge in [-0.2, -0.15) is 0 Å². The van der Waals surface area contributed by atoms with E-state index in [2.05, 4.69) is 4.99 Å². The van der Waals surface area contributed by atoms with Crippen LogP contribution in [0.3, 0.4) is 0 Å². The third-order valence-corrected chi connectivity index (χ3v) is 4.06. The molecule has 0 fully saturated rings. The second-order valence-electron chi connectivity index (χ2n) is 5.54. The molecule has 0 saturated heterocycles. The van der Waals surface area contributed by atoms with Crippen LogP contribution in [-0.4, -0.2) is 32.7 Å². The molecule has 0 saturated carbocycles. The lowest BCUT2D eigenvalue weighted by Crippen LogP contribution is -2.05. The summed E-state index contributed by atoms with van der Waals surface area (Å²) in [6, 6.07) is 10.5. The van der Waals surface area contributed by atoms with E-state index in [1.165, 1.54) is 7.11 Å². The molecule has 0 N–H and O–H groups in total. The first-order valence-corrected chi connectivity index (χ1v) is 8.60. The van der Waals surface area contributed by atoms with Crippen molar-refractivity contribution >= 4 is 29.5 Å². The van der Waals surface area contributed by atoms with Gasteiger partial charge in [0, 0.05) is 5.56 Å². The van der Waals surface area contributed by atoms with Crippen molar-refractivity contribution in [1.82, 2.24) is 0 Å². The highest BCUT2D eigenvalue weighted by molar-refractivity contribution is 6.32. The SMILES string of the molecule is CCOc1cc(/C=C2\N=C(c3cccc(OC)c3)OC2=O)cc(Cl)c1OC. The normalized spacial score (nSPS) is 14.7. The van der Waals surface area contributed by atoms with Gasteiger partial charge in [-0.1, -0.05) is 17.7 Å². The Morgan fingerprint density at radius 2 is 2.00 bits per heavy atom. The summed E-state index contributed by atoms with van der Waals surface area (Å²) in [5, 5.41) is 0.374. The topological polar surface area (TPSA) is 66.3 Å². The molecule has 2 aromatic carbocycles. The molecule has 0 aromatic heterocycles. The average Bonchev–Trinajstić information content (AvgIpc) is 3.02. The Labute approximate surface area is 162 Å². The van der Waals surface area contributed by atoms with Crippen LogP contribution in [0, 0.1) is 0 Å². The fourth-order valence-corrected chi connectivity index (χ4v) is 2.88. The van der Waals surface area contributed by atoms with Gasteiger partial charge in [-0.3, -0.25) is 0 Å². The van der Waals surface area contributed by atoms with Crippen molar-refractivity contribution in [3.8, 4) is 17.2 Å². The van der Waals surface area contributed by atoms with Gasteiger partial charge in [-0.25, -0.2) is 9.79 Å². The van der Waals surface area contributed by atoms with Crippen LogP contribution in [0.5, 0.6) is 17.2 Å². The fraction of sp³-hybridized carbons (Fsp3) is 0.200. The molecule has 0 amide bonds. The van der Waals surface area contributed by atoms with E-state index < -0.39 is 5.97 Å². The van der Waals surface area contributed by atoms with Crippen LogP contribution in [0.1, 0.15) is 18.1 Å². The number of esters is 1. The van der Waals surface area contributed by atoms with E-state index in [-0.39, 0.29) is 11.6 Å². The number of carbonyl (C=O) groups excluding carboxylic acids is 1. The van der Waals surface area contributed by atoms with Crippen molar-refractivity contribution in [3.63, 3.8) is 0 Å². The number of methoxy groups -OCH3 is 2. The summed E-state index contributed by atoms with van der Waals surface area (Å²) in [6.07, 6.45) is 1.59. The molecule has 140 valence electrons. The maximum absolute atomic E-state index is 12.2. The lowest BCUT2D eigenvalue weighted by atomic mass is 10.1. The smallest absolute Gasteiger partial charge is 0.363 e. The molecular formula is C20H18ClNO5. The van der Waals surface area contributed by atoms with Gasteiger partial charge in [0.1, 0.15) is 5.75 Å². The zero-order valence-corrected chi connectivity index (χ0v) is 15.9. The van der Waals surface area contributed by atoms with Gasteiger partial charge in [0.15, 0.2) is 17.2 Å². The number of nitrogens with zero attached hydrogens (tertiary/aromatic N) is 1. The Morgan fingerprint density at radius 3 is 2.70 bits per heavy atom. The molecule has 3 rings (SSSR count). The van der Waals surface area contributed by atoms with Gasteiger partial charge < -0.3 is 18.9 Å². The van der Waals surface area contributed by atoms with Crippen molar-refractivity contribution in [2.24, 2.45) is 4.99 Å². The fourth-order valence-electron chi connectivity index (χ4n) is 2.58. The third-order valence-electron chi connectivity index (χ3n) is 3.78. The summed E-state index contributed by atoms with van der Waals surface area (Å²) in [6.45, 7) is 2.31. The molecule has 27 heavy (non-hydrogen) atoms. The van der Waals surface area contributed by atoms with Crippen molar-refractivity contribution in [3.05, 3.63) is 58.2 Å². The standard InChI is InChI=1S/C20H18ClNO5/c1-4-26-17-10-12(8-15(21)18(17)25-3)9-16-20(23)27-19(22-16)13-6-5-7-14(11-13)24-2/h5-11H,4H2,1-3H3/b16-9-. The van der Waals surface area contributed by atoms with E-state index >= 15 is 0 Å². The lowest BCUT2D eigenvalue weighted by Gasteiger charge is -2.11. The van der Waals surface area contributed by atoms with Crippen LogP contribution in [0.2, 0.25) is 5.02 Å². The van der Waals surface area contributed by atoms with Crippen molar-refractivity contribution in [1.29, 1.82) is 0 Å². The predicted molar refractivity (Wildman–Crippen MR) is 103 cm³/mol. The minimum absolute atomic E-state index is 0.163. The molecule has 7 heteroatoms. The summed E-state index contributed by atoms with van der Waals surface area (Å²) in [5.41, 5.74) is 1.46. The van der Waals surface area contributed by atoms with Gasteiger partial charge in [0.2, 0.25) is 5.90 Å². The molecule has 1 aliphatic heterocycles. The third kappa shape index (κ3) is 4.06. The minimum atomic E-state index is -0.544. The second kappa shape index (κ2) is 8.14. The van der Waals surface area contributed by atoms with Crippen molar-refractivity contribution < 1.29 is 23.7 Å². The van der Waals surface area contributed by atoms with Gasteiger partial charge in [0.05, 0.1) is 25.8 Å². The van der Waals surface area contributed by atoms with Crippen molar-refractivity contribution in [2.45, 2.75) is 6.92 Å². The Hall–Kier alpha value is -2.99. The van der Waals surface area contributed by atoms with E-state index in [0.29, 0.717) is 40.0 Å². The van der Waals surface area contributed by atoms with E-state index in [4.69, 9.17) is 30.5 Å². The number of cyclic esters (lactones) is 1. The van der Waals surface area contributed by atoms with Crippen LogP contribution in [0.25, 0.3) is 6.08 Å². The molecule has 0 spiro atoms. The van der Waals surface area contributed by atoms with Crippen LogP contribution >= 0.6 is 11.6 Å². The summed E-state index contributed by atoms with van der Waals surface area (Å²) in [5.74, 6) is 1.25. The number of rotatable bonds is 6. The maximum Gasteiger partial charge on any atom is 0.363 e. The molecule has 6 nitrogen and oxygen atoms in total. The number of ether oxygens (including phenoxy) is 4. The molecule has 0 aliphatic carbocycles. The summed E-state index contributed by atoms with van der Waals surface area (Å²) >= 11 is 6.25. The molecule has 0 atom stereocenters. The van der Waals surface area contributed by atoms with Gasteiger partial charge in [-0.05, 0) is 48.9 Å². The minimum Gasteiger partial charge on any atom is -0.497 e. The Kier molecular flexibility index (Phi) is 5.66. The molecule has 1 heterocycles. The number of hydrogen-bond acceptors (Lipinski definition) is 6. The van der Waals surface area contributed by atoms with Gasteiger partial charge in [-0.15, -0.1) is 0 Å².